The minimum atomic E-state index is -0.393. The Labute approximate surface area is 131 Å². The molecule has 0 fully saturated rings. The van der Waals surface area contributed by atoms with E-state index in [0.29, 0.717) is 12.0 Å². The SMILES string of the molecule is CCc1ccc(C(O)CN(CC(C)C)C(CC)CC)cc1. The summed E-state index contributed by atoms with van der Waals surface area (Å²) in [6, 6.07) is 8.97. The van der Waals surface area contributed by atoms with Crippen molar-refractivity contribution in [3.63, 3.8) is 0 Å². The Kier molecular flexibility index (Phi) is 7.98. The Morgan fingerprint density at radius 1 is 0.952 bits per heavy atom. The lowest BCUT2D eigenvalue weighted by Crippen LogP contribution is -2.40. The molecule has 1 aromatic rings. The Morgan fingerprint density at radius 3 is 1.95 bits per heavy atom. The van der Waals surface area contributed by atoms with E-state index in [9.17, 15) is 5.11 Å². The van der Waals surface area contributed by atoms with Gasteiger partial charge >= 0.3 is 0 Å². The Balaban J connectivity index is 2.75. The van der Waals surface area contributed by atoms with Crippen molar-refractivity contribution < 1.29 is 5.11 Å². The van der Waals surface area contributed by atoms with Gasteiger partial charge in [0, 0.05) is 19.1 Å². The molecule has 0 aromatic heterocycles. The van der Waals surface area contributed by atoms with Crippen molar-refractivity contribution in [2.24, 2.45) is 5.92 Å². The van der Waals surface area contributed by atoms with E-state index in [2.05, 4.69) is 63.8 Å². The smallest absolute Gasteiger partial charge is 0.0917 e. The topological polar surface area (TPSA) is 23.5 Å². The van der Waals surface area contributed by atoms with Crippen molar-refractivity contribution in [3.8, 4) is 0 Å². The van der Waals surface area contributed by atoms with Crippen molar-refractivity contribution in [1.29, 1.82) is 0 Å². The first-order valence-electron chi connectivity index (χ1n) is 8.52. The van der Waals surface area contributed by atoms with Crippen molar-refractivity contribution in [3.05, 3.63) is 35.4 Å². The highest BCUT2D eigenvalue weighted by atomic mass is 16.3. The summed E-state index contributed by atoms with van der Waals surface area (Å²) >= 11 is 0. The largest absolute Gasteiger partial charge is 0.387 e. The van der Waals surface area contributed by atoms with Gasteiger partial charge in [-0.3, -0.25) is 4.90 Å². The minimum Gasteiger partial charge on any atom is -0.387 e. The summed E-state index contributed by atoms with van der Waals surface area (Å²) in [5.74, 6) is 0.625. The van der Waals surface area contributed by atoms with E-state index in [-0.39, 0.29) is 0 Å². The normalized spacial score (nSPS) is 13.4. The molecule has 1 unspecified atom stereocenters. The second kappa shape index (κ2) is 9.22. The number of nitrogens with zero attached hydrogens (tertiary/aromatic N) is 1. The molecule has 1 atom stereocenters. The molecule has 0 spiro atoms. The van der Waals surface area contributed by atoms with E-state index in [1.165, 1.54) is 5.56 Å². The number of aliphatic hydroxyl groups is 1. The van der Waals surface area contributed by atoms with E-state index in [0.717, 1.165) is 37.9 Å². The first kappa shape index (κ1) is 18.2. The molecule has 0 saturated heterocycles. The van der Waals surface area contributed by atoms with Crippen LogP contribution in [0.15, 0.2) is 24.3 Å². The summed E-state index contributed by atoms with van der Waals surface area (Å²) in [5.41, 5.74) is 2.36. The standard InChI is InChI=1S/C19H33NO/c1-6-16-9-11-17(12-10-16)19(21)14-20(13-15(4)5)18(7-2)8-3/h9-12,15,18-19,21H,6-8,13-14H2,1-5H3. The fourth-order valence-corrected chi connectivity index (χ4v) is 2.95. The van der Waals surface area contributed by atoms with E-state index >= 15 is 0 Å². The van der Waals surface area contributed by atoms with Gasteiger partial charge in [0.05, 0.1) is 6.10 Å². The summed E-state index contributed by atoms with van der Waals surface area (Å²) in [6.07, 6.45) is 2.94. The second-order valence-electron chi connectivity index (χ2n) is 6.43. The molecule has 0 amide bonds. The molecule has 0 heterocycles. The van der Waals surface area contributed by atoms with Gasteiger partial charge in [0.2, 0.25) is 0 Å². The molecular formula is C19H33NO. The zero-order chi connectivity index (χ0) is 15.8. The molecule has 0 radical (unpaired) electrons. The molecule has 1 N–H and O–H groups in total. The molecule has 2 heteroatoms. The zero-order valence-electron chi connectivity index (χ0n) is 14.5. The molecule has 21 heavy (non-hydrogen) atoms. The number of aryl methyl sites for hydroxylation is 1. The average Bonchev–Trinajstić information content (AvgIpc) is 2.47. The van der Waals surface area contributed by atoms with Gasteiger partial charge < -0.3 is 5.11 Å². The third-order valence-corrected chi connectivity index (χ3v) is 4.24. The van der Waals surface area contributed by atoms with Crippen molar-refractivity contribution in [2.45, 2.75) is 66.0 Å². The lowest BCUT2D eigenvalue weighted by atomic mass is 10.0. The predicted octanol–water partition coefficient (Wildman–Crippen LogP) is 4.43. The highest BCUT2D eigenvalue weighted by molar-refractivity contribution is 5.24. The monoisotopic (exact) mass is 291 g/mol. The summed E-state index contributed by atoms with van der Waals surface area (Å²) in [7, 11) is 0. The van der Waals surface area contributed by atoms with Gasteiger partial charge in [-0.2, -0.15) is 0 Å². The molecular weight excluding hydrogens is 258 g/mol. The maximum absolute atomic E-state index is 10.6. The number of hydrogen-bond acceptors (Lipinski definition) is 2. The number of aliphatic hydroxyl groups excluding tert-OH is 1. The van der Waals surface area contributed by atoms with Crippen LogP contribution in [0.25, 0.3) is 0 Å². The van der Waals surface area contributed by atoms with Crippen molar-refractivity contribution >= 4 is 0 Å². The first-order valence-corrected chi connectivity index (χ1v) is 8.52. The zero-order valence-corrected chi connectivity index (χ0v) is 14.5. The van der Waals surface area contributed by atoms with Gasteiger partial charge in [-0.1, -0.05) is 58.9 Å². The Hall–Kier alpha value is -0.860. The van der Waals surface area contributed by atoms with Gasteiger partial charge in [-0.15, -0.1) is 0 Å². The van der Waals surface area contributed by atoms with E-state index in [1.54, 1.807) is 0 Å². The van der Waals surface area contributed by atoms with Gasteiger partial charge in [0.1, 0.15) is 0 Å². The van der Waals surface area contributed by atoms with Crippen LogP contribution >= 0.6 is 0 Å². The van der Waals surface area contributed by atoms with E-state index < -0.39 is 6.10 Å². The Morgan fingerprint density at radius 2 is 1.52 bits per heavy atom. The Bertz CT molecular complexity index is 381. The third-order valence-electron chi connectivity index (χ3n) is 4.24. The maximum atomic E-state index is 10.6. The van der Waals surface area contributed by atoms with Crippen LogP contribution in [0.1, 0.15) is 64.7 Å². The van der Waals surface area contributed by atoms with Crippen molar-refractivity contribution in [2.75, 3.05) is 13.1 Å². The lowest BCUT2D eigenvalue weighted by Gasteiger charge is -2.33. The third kappa shape index (κ3) is 5.80. The molecule has 120 valence electrons. The molecule has 2 nitrogen and oxygen atoms in total. The van der Waals surface area contributed by atoms with Gasteiger partial charge in [0.25, 0.3) is 0 Å². The van der Waals surface area contributed by atoms with E-state index in [1.807, 2.05) is 0 Å². The summed E-state index contributed by atoms with van der Waals surface area (Å²) < 4.78 is 0. The quantitative estimate of drug-likeness (QED) is 0.727. The van der Waals surface area contributed by atoms with Crippen LogP contribution in [-0.2, 0) is 6.42 Å². The summed E-state index contributed by atoms with van der Waals surface area (Å²) in [6.45, 7) is 12.9. The fraction of sp³-hybridized carbons (Fsp3) is 0.684. The molecule has 0 aliphatic carbocycles. The average molecular weight is 291 g/mol. The molecule has 0 aliphatic rings. The molecule has 1 aromatic carbocycles. The molecule has 0 saturated carbocycles. The van der Waals surface area contributed by atoms with Crippen LogP contribution < -0.4 is 0 Å². The molecule has 0 aliphatic heterocycles. The van der Waals surface area contributed by atoms with Crippen LogP contribution in [0.3, 0.4) is 0 Å². The van der Waals surface area contributed by atoms with Gasteiger partial charge in [0.15, 0.2) is 0 Å². The highest BCUT2D eigenvalue weighted by Gasteiger charge is 2.20. The van der Waals surface area contributed by atoms with Crippen LogP contribution in [-0.4, -0.2) is 29.1 Å². The van der Waals surface area contributed by atoms with Gasteiger partial charge in [-0.25, -0.2) is 0 Å². The lowest BCUT2D eigenvalue weighted by molar-refractivity contribution is 0.0751. The second-order valence-corrected chi connectivity index (χ2v) is 6.43. The maximum Gasteiger partial charge on any atom is 0.0917 e. The minimum absolute atomic E-state index is 0.393. The van der Waals surface area contributed by atoms with Crippen LogP contribution in [0, 0.1) is 5.92 Å². The number of hydrogen-bond donors (Lipinski definition) is 1. The fourth-order valence-electron chi connectivity index (χ4n) is 2.95. The number of benzene rings is 1. The summed E-state index contributed by atoms with van der Waals surface area (Å²) in [4.78, 5) is 2.46. The van der Waals surface area contributed by atoms with E-state index in [4.69, 9.17) is 0 Å². The molecule has 1 rings (SSSR count). The first-order chi connectivity index (χ1) is 10.0. The predicted molar refractivity (Wildman–Crippen MR) is 91.6 cm³/mol. The van der Waals surface area contributed by atoms with Gasteiger partial charge in [-0.05, 0) is 36.3 Å². The van der Waals surface area contributed by atoms with Crippen molar-refractivity contribution in [1.82, 2.24) is 4.90 Å². The van der Waals surface area contributed by atoms with Crippen LogP contribution in [0.4, 0.5) is 0 Å². The molecule has 0 bridgehead atoms. The highest BCUT2D eigenvalue weighted by Crippen LogP contribution is 2.19. The van der Waals surface area contributed by atoms with Crippen LogP contribution in [0.5, 0.6) is 0 Å². The van der Waals surface area contributed by atoms with Crippen LogP contribution in [0.2, 0.25) is 0 Å². The number of rotatable bonds is 9. The summed E-state index contributed by atoms with van der Waals surface area (Å²) in [5, 5.41) is 10.6.